The summed E-state index contributed by atoms with van der Waals surface area (Å²) >= 11 is 0. The number of ether oxygens (including phenoxy) is 1. The summed E-state index contributed by atoms with van der Waals surface area (Å²) in [5.41, 5.74) is 4.96. The Morgan fingerprint density at radius 2 is 1.78 bits per heavy atom. The molecule has 1 saturated heterocycles. The summed E-state index contributed by atoms with van der Waals surface area (Å²) in [5, 5.41) is 14.7. The van der Waals surface area contributed by atoms with Gasteiger partial charge in [-0.15, -0.1) is 22.6 Å². The van der Waals surface area contributed by atoms with E-state index >= 15 is 0 Å². The molecular weight excluding hydrogens is 540 g/mol. The molecule has 41 heavy (non-hydrogen) atoms. The fourth-order valence-electron chi connectivity index (χ4n) is 5.09. The van der Waals surface area contributed by atoms with Gasteiger partial charge in [-0.25, -0.2) is 4.98 Å². The van der Waals surface area contributed by atoms with Crippen molar-refractivity contribution < 1.29 is 9.53 Å². The fraction of sp³-hybridized carbons (Fsp3) is 0.267. The molecule has 212 valence electrons. The number of hydrogen-bond donors (Lipinski definition) is 2. The minimum Gasteiger partial charge on any atom is -0.497 e. The Labute approximate surface area is 244 Å². The number of halogens is 1. The minimum absolute atomic E-state index is 0. The van der Waals surface area contributed by atoms with Crippen molar-refractivity contribution in [1.29, 1.82) is 0 Å². The monoisotopic (exact) mass is 572 g/mol. The van der Waals surface area contributed by atoms with Gasteiger partial charge in [0.15, 0.2) is 5.82 Å². The third kappa shape index (κ3) is 6.34. The van der Waals surface area contributed by atoms with E-state index in [9.17, 15) is 4.79 Å². The predicted octanol–water partition coefficient (Wildman–Crippen LogP) is 4.39. The van der Waals surface area contributed by atoms with Crippen LogP contribution in [0.3, 0.4) is 0 Å². The first kappa shape index (κ1) is 28.1. The van der Waals surface area contributed by atoms with Gasteiger partial charge < -0.3 is 20.3 Å². The van der Waals surface area contributed by atoms with E-state index in [0.29, 0.717) is 23.6 Å². The summed E-state index contributed by atoms with van der Waals surface area (Å²) in [6.07, 6.45) is 2.58. The molecule has 0 unspecified atom stereocenters. The summed E-state index contributed by atoms with van der Waals surface area (Å²) in [6.45, 7) is 5.59. The second-order valence-electron chi connectivity index (χ2n) is 9.82. The van der Waals surface area contributed by atoms with Crippen molar-refractivity contribution in [2.75, 3.05) is 56.6 Å². The molecule has 1 amide bonds. The molecule has 1 aliphatic rings. The molecular formula is C30H33ClN8O2. The van der Waals surface area contributed by atoms with Gasteiger partial charge in [0, 0.05) is 49.7 Å². The number of nitrogens with zero attached hydrogens (tertiary/aromatic N) is 6. The Hall–Kier alpha value is -4.41. The third-order valence-electron chi connectivity index (χ3n) is 7.27. The number of fused-ring (bicyclic) bond motifs is 3. The highest BCUT2D eigenvalue weighted by atomic mass is 35.5. The molecule has 11 heteroatoms. The average molecular weight is 573 g/mol. The minimum atomic E-state index is -0.0907. The van der Waals surface area contributed by atoms with E-state index in [4.69, 9.17) is 9.72 Å². The lowest BCUT2D eigenvalue weighted by atomic mass is 10.2. The smallest absolute Gasteiger partial charge is 0.251 e. The highest BCUT2D eigenvalue weighted by molar-refractivity contribution is 5.95. The second kappa shape index (κ2) is 12.8. The number of methoxy groups -OCH3 is 1. The number of amides is 1. The van der Waals surface area contributed by atoms with E-state index in [1.54, 1.807) is 13.4 Å². The zero-order valence-electron chi connectivity index (χ0n) is 22.9. The van der Waals surface area contributed by atoms with Gasteiger partial charge in [0.25, 0.3) is 5.91 Å². The maximum Gasteiger partial charge on any atom is 0.251 e. The Bertz CT molecular complexity index is 1620. The van der Waals surface area contributed by atoms with Gasteiger partial charge in [-0.05, 0) is 67.6 Å². The van der Waals surface area contributed by atoms with Crippen LogP contribution in [-0.2, 0) is 0 Å². The van der Waals surface area contributed by atoms with E-state index in [1.165, 1.54) is 5.69 Å². The highest BCUT2D eigenvalue weighted by Gasteiger charge is 2.17. The standard InChI is InChI=1S/C30H32N8O2.ClH/c1-40-25-12-10-24(11-13-25)37-18-16-36(17-19-37)15-5-14-31-30(39)22-6-4-7-23(20-22)33-28-29-35-32-21-38(29)27-9-3-2-8-26(27)34-28;/h2-4,6-13,20-21H,5,14-19H2,1H3,(H,31,39)(H,33,34);1H. The average Bonchev–Trinajstić information content (AvgIpc) is 3.51. The molecule has 6 rings (SSSR count). The lowest BCUT2D eigenvalue weighted by Gasteiger charge is -2.36. The fourth-order valence-corrected chi connectivity index (χ4v) is 5.09. The Morgan fingerprint density at radius 3 is 2.59 bits per heavy atom. The first-order chi connectivity index (χ1) is 19.7. The molecule has 1 fully saturated rings. The van der Waals surface area contributed by atoms with Gasteiger partial charge in [-0.1, -0.05) is 18.2 Å². The van der Waals surface area contributed by atoms with Crippen LogP contribution < -0.4 is 20.3 Å². The number of anilines is 3. The zero-order valence-corrected chi connectivity index (χ0v) is 23.7. The number of hydrogen-bond acceptors (Lipinski definition) is 8. The van der Waals surface area contributed by atoms with Crippen LogP contribution in [0.15, 0.2) is 79.1 Å². The lowest BCUT2D eigenvalue weighted by Crippen LogP contribution is -2.47. The maximum absolute atomic E-state index is 12.9. The van der Waals surface area contributed by atoms with Crippen molar-refractivity contribution in [2.45, 2.75) is 6.42 Å². The molecule has 2 aromatic heterocycles. The van der Waals surface area contributed by atoms with Crippen molar-refractivity contribution >= 4 is 52.2 Å². The molecule has 0 bridgehead atoms. The van der Waals surface area contributed by atoms with Crippen molar-refractivity contribution in [3.05, 3.63) is 84.7 Å². The number of rotatable bonds is 9. The van der Waals surface area contributed by atoms with E-state index in [2.05, 4.69) is 42.8 Å². The SMILES string of the molecule is COc1ccc(N2CCN(CCCNC(=O)c3cccc(Nc4nc5ccccc5n5cnnc45)c3)CC2)cc1.Cl. The lowest BCUT2D eigenvalue weighted by molar-refractivity contribution is 0.0951. The number of para-hydroxylation sites is 2. The Kier molecular flexibility index (Phi) is 8.81. The second-order valence-corrected chi connectivity index (χ2v) is 9.82. The zero-order chi connectivity index (χ0) is 27.3. The first-order valence-corrected chi connectivity index (χ1v) is 13.5. The largest absolute Gasteiger partial charge is 0.497 e. The Balaban J connectivity index is 0.00000337. The van der Waals surface area contributed by atoms with Gasteiger partial charge in [-0.3, -0.25) is 14.1 Å². The summed E-state index contributed by atoms with van der Waals surface area (Å²) in [6, 6.07) is 23.5. The molecule has 1 aliphatic heterocycles. The molecule has 2 N–H and O–H groups in total. The molecule has 3 aromatic carbocycles. The quantitative estimate of drug-likeness (QED) is 0.251. The van der Waals surface area contributed by atoms with Crippen LogP contribution in [0, 0.1) is 0 Å². The van der Waals surface area contributed by atoms with Crippen LogP contribution in [0.4, 0.5) is 17.2 Å². The number of aromatic nitrogens is 4. The predicted molar refractivity (Wildman–Crippen MR) is 164 cm³/mol. The maximum atomic E-state index is 12.9. The number of carbonyl (C=O) groups excluding carboxylic acids is 1. The van der Waals surface area contributed by atoms with Crippen LogP contribution in [0.1, 0.15) is 16.8 Å². The summed E-state index contributed by atoms with van der Waals surface area (Å²) in [7, 11) is 1.69. The first-order valence-electron chi connectivity index (χ1n) is 13.5. The normalized spacial score (nSPS) is 13.6. The molecule has 0 aliphatic carbocycles. The third-order valence-corrected chi connectivity index (χ3v) is 7.27. The molecule has 0 spiro atoms. The number of nitrogens with one attached hydrogen (secondary N) is 2. The molecule has 10 nitrogen and oxygen atoms in total. The van der Waals surface area contributed by atoms with E-state index < -0.39 is 0 Å². The van der Waals surface area contributed by atoms with Gasteiger partial charge in [0.2, 0.25) is 5.65 Å². The summed E-state index contributed by atoms with van der Waals surface area (Å²) in [5.74, 6) is 1.37. The molecule has 3 heterocycles. The molecule has 0 radical (unpaired) electrons. The molecule has 0 atom stereocenters. The van der Waals surface area contributed by atoms with Gasteiger partial charge in [-0.2, -0.15) is 0 Å². The topological polar surface area (TPSA) is 99.9 Å². The summed E-state index contributed by atoms with van der Waals surface area (Å²) < 4.78 is 7.16. The van der Waals surface area contributed by atoms with Gasteiger partial charge >= 0.3 is 0 Å². The molecule has 5 aromatic rings. The van der Waals surface area contributed by atoms with Gasteiger partial charge in [0.1, 0.15) is 12.1 Å². The van der Waals surface area contributed by atoms with E-state index in [1.807, 2.05) is 65.1 Å². The highest BCUT2D eigenvalue weighted by Crippen LogP contribution is 2.24. The van der Waals surface area contributed by atoms with Crippen LogP contribution in [0.25, 0.3) is 16.7 Å². The number of benzene rings is 3. The van der Waals surface area contributed by atoms with E-state index in [0.717, 1.165) is 61.6 Å². The van der Waals surface area contributed by atoms with E-state index in [-0.39, 0.29) is 18.3 Å². The summed E-state index contributed by atoms with van der Waals surface area (Å²) in [4.78, 5) is 22.5. The Morgan fingerprint density at radius 1 is 0.976 bits per heavy atom. The number of carbonyl (C=O) groups is 1. The van der Waals surface area contributed by atoms with Crippen LogP contribution in [0.5, 0.6) is 5.75 Å². The van der Waals surface area contributed by atoms with Gasteiger partial charge in [0.05, 0.1) is 18.1 Å². The number of piperazine rings is 1. The van der Waals surface area contributed by atoms with Crippen LogP contribution >= 0.6 is 12.4 Å². The van der Waals surface area contributed by atoms with Crippen LogP contribution in [0.2, 0.25) is 0 Å². The van der Waals surface area contributed by atoms with Crippen LogP contribution in [-0.4, -0.2) is 76.8 Å². The van der Waals surface area contributed by atoms with Crippen molar-refractivity contribution in [3.63, 3.8) is 0 Å². The van der Waals surface area contributed by atoms with Crippen molar-refractivity contribution in [3.8, 4) is 5.75 Å². The van der Waals surface area contributed by atoms with Crippen molar-refractivity contribution in [2.24, 2.45) is 0 Å². The molecule has 0 saturated carbocycles. The van der Waals surface area contributed by atoms with Crippen molar-refractivity contribution in [1.82, 2.24) is 29.8 Å².